The van der Waals surface area contributed by atoms with Crippen molar-refractivity contribution in [3.05, 3.63) is 0 Å². The van der Waals surface area contributed by atoms with Crippen molar-refractivity contribution in [2.75, 3.05) is 7.11 Å². The Morgan fingerprint density at radius 1 is 0.370 bits per heavy atom. The van der Waals surface area contributed by atoms with Crippen molar-refractivity contribution >= 4 is 35.0 Å². The minimum Gasteiger partial charge on any atom is -0.393 e. The molecule has 0 fully saturated rings. The number of rotatable bonds is 27. The molecule has 278 valence electrons. The molecule has 0 bridgehead atoms. The molecule has 0 saturated heterocycles. The summed E-state index contributed by atoms with van der Waals surface area (Å²) in [6, 6.07) is 2.83. The summed E-state index contributed by atoms with van der Waals surface area (Å²) in [6.07, 6.45) is 3.39. The molecule has 8 nitrogen and oxygen atoms in total. The molecule has 0 N–H and O–H groups in total. The van der Waals surface area contributed by atoms with E-state index in [2.05, 4.69) is 103 Å². The molecule has 0 aliphatic heterocycles. The number of hydrogen-bond donors (Lipinski definition) is 0. The third-order valence-corrected chi connectivity index (χ3v) is 23.2. The van der Waals surface area contributed by atoms with E-state index in [0.717, 1.165) is 31.7 Å². The molecule has 0 heterocycles. The van der Waals surface area contributed by atoms with Crippen LogP contribution >= 0.6 is 0 Å². The minimum absolute atomic E-state index is 0.0230. The van der Waals surface area contributed by atoms with Gasteiger partial charge in [0.25, 0.3) is 0 Å². The topological polar surface area (TPSA) is 73.8 Å². The maximum Gasteiger partial charge on any atom is 0.493 e. The molecule has 4 atom stereocenters. The van der Waals surface area contributed by atoms with Crippen molar-refractivity contribution in [1.82, 2.24) is 0 Å². The molecule has 0 rings (SSSR count). The maximum atomic E-state index is 7.60. The first-order valence-corrected chi connectivity index (χ1v) is 26.7. The molecular formula is C34H78O8Si4. The van der Waals surface area contributed by atoms with Gasteiger partial charge in [-0.2, -0.15) is 0 Å². The van der Waals surface area contributed by atoms with Gasteiger partial charge in [-0.05, 0) is 117 Å². The Kier molecular flexibility index (Phi) is 22.0. The number of hydrogen-bond acceptors (Lipinski definition) is 8. The van der Waals surface area contributed by atoms with Gasteiger partial charge in [0.2, 0.25) is 0 Å². The zero-order valence-corrected chi connectivity index (χ0v) is 37.5. The predicted octanol–water partition coefficient (Wildman–Crippen LogP) is 10.5. The lowest BCUT2D eigenvalue weighted by atomic mass is 10.2. The second kappa shape index (κ2) is 21.7. The second-order valence-electron chi connectivity index (χ2n) is 16.1. The van der Waals surface area contributed by atoms with Crippen molar-refractivity contribution in [3.63, 3.8) is 0 Å². The third kappa shape index (κ3) is 19.7. The van der Waals surface area contributed by atoms with Gasteiger partial charge in [0.1, 0.15) is 0 Å². The van der Waals surface area contributed by atoms with Gasteiger partial charge in [-0.15, -0.1) is 0 Å². The van der Waals surface area contributed by atoms with E-state index < -0.39 is 35.0 Å². The quantitative estimate of drug-likeness (QED) is 0.0775. The van der Waals surface area contributed by atoms with Crippen LogP contribution in [0.1, 0.15) is 136 Å². The monoisotopic (exact) mass is 726 g/mol. The van der Waals surface area contributed by atoms with Gasteiger partial charge < -0.3 is 34.5 Å². The zero-order valence-electron chi connectivity index (χ0n) is 33.5. The molecule has 46 heavy (non-hydrogen) atoms. The Morgan fingerprint density at radius 2 is 0.652 bits per heavy atom. The van der Waals surface area contributed by atoms with Crippen molar-refractivity contribution < 1.29 is 34.5 Å². The summed E-state index contributed by atoms with van der Waals surface area (Å²) < 4.78 is 56.2. The van der Waals surface area contributed by atoms with Gasteiger partial charge in [0.15, 0.2) is 0 Å². The lowest BCUT2D eigenvalue weighted by Crippen LogP contribution is -2.67. The fourth-order valence-corrected chi connectivity index (χ4v) is 24.5. The molecular weight excluding hydrogens is 649 g/mol. The summed E-state index contributed by atoms with van der Waals surface area (Å²) in [5.41, 5.74) is 0. The molecule has 0 saturated carbocycles. The molecule has 0 spiro atoms. The van der Waals surface area contributed by atoms with Gasteiger partial charge in [0, 0.05) is 49.7 Å². The van der Waals surface area contributed by atoms with E-state index in [4.69, 9.17) is 34.5 Å². The summed E-state index contributed by atoms with van der Waals surface area (Å²) in [6.45, 7) is 36.6. The lowest BCUT2D eigenvalue weighted by molar-refractivity contribution is 0.0197. The van der Waals surface area contributed by atoms with Gasteiger partial charge in [-0.3, -0.25) is 0 Å². The maximum absolute atomic E-state index is 7.60. The van der Waals surface area contributed by atoms with Crippen molar-refractivity contribution in [3.8, 4) is 0 Å². The summed E-state index contributed by atoms with van der Waals surface area (Å²) in [7, 11) is -11.4. The van der Waals surface area contributed by atoms with Gasteiger partial charge in [0.05, 0.1) is 0 Å². The largest absolute Gasteiger partial charge is 0.493 e. The fraction of sp³-hybridized carbons (Fsp3) is 1.00. The summed E-state index contributed by atoms with van der Waals surface area (Å²) in [5.74, 6) is 1.85. The molecule has 0 aromatic carbocycles. The predicted molar refractivity (Wildman–Crippen MR) is 201 cm³/mol. The Labute approximate surface area is 291 Å². The normalized spacial score (nSPS) is 18.4. The molecule has 0 aliphatic carbocycles. The summed E-state index contributed by atoms with van der Waals surface area (Å²) >= 11 is 0. The van der Waals surface area contributed by atoms with E-state index in [0.29, 0.717) is 41.8 Å². The molecule has 0 aromatic rings. The highest BCUT2D eigenvalue weighted by atomic mass is 28.5. The third-order valence-electron chi connectivity index (χ3n) is 7.29. The smallest absolute Gasteiger partial charge is 0.393 e. The zero-order chi connectivity index (χ0) is 35.9. The highest BCUT2D eigenvalue weighted by molar-refractivity contribution is 6.84. The Balaban J connectivity index is 7.57. The molecule has 0 aliphatic rings. The van der Waals surface area contributed by atoms with E-state index in [-0.39, 0.29) is 24.4 Å². The summed E-state index contributed by atoms with van der Waals surface area (Å²) in [5, 5.41) is 0. The van der Waals surface area contributed by atoms with Crippen LogP contribution in [0.5, 0.6) is 0 Å². The second-order valence-corrected chi connectivity index (χ2v) is 28.3. The molecule has 12 heteroatoms. The van der Waals surface area contributed by atoms with E-state index in [1.807, 2.05) is 13.8 Å². The van der Waals surface area contributed by atoms with Crippen LogP contribution in [0.2, 0.25) is 30.7 Å². The molecule has 0 aromatic heterocycles. The van der Waals surface area contributed by atoms with E-state index >= 15 is 0 Å². The van der Waals surface area contributed by atoms with E-state index in [1.54, 1.807) is 7.11 Å². The average Bonchev–Trinajstić information content (AvgIpc) is 2.86. The van der Waals surface area contributed by atoms with Crippen LogP contribution in [0, 0.1) is 23.7 Å². The van der Waals surface area contributed by atoms with Crippen LogP contribution in [0.15, 0.2) is 0 Å². The van der Waals surface area contributed by atoms with Crippen molar-refractivity contribution in [2.45, 2.75) is 192 Å². The Morgan fingerprint density at radius 3 is 0.978 bits per heavy atom. The van der Waals surface area contributed by atoms with Crippen LogP contribution in [-0.2, 0) is 34.5 Å². The minimum atomic E-state index is -3.59. The molecule has 4 unspecified atom stereocenters. The Bertz CT molecular complexity index is 801. The van der Waals surface area contributed by atoms with Gasteiger partial charge >= 0.3 is 35.0 Å². The first-order valence-electron chi connectivity index (χ1n) is 18.4. The van der Waals surface area contributed by atoms with Crippen LogP contribution in [0.25, 0.3) is 0 Å². The van der Waals surface area contributed by atoms with Crippen molar-refractivity contribution in [1.29, 1.82) is 0 Å². The average molecular weight is 727 g/mol. The van der Waals surface area contributed by atoms with Crippen LogP contribution in [0.3, 0.4) is 0 Å². The van der Waals surface area contributed by atoms with Gasteiger partial charge in [-0.25, -0.2) is 0 Å². The highest BCUT2D eigenvalue weighted by Gasteiger charge is 2.61. The fourth-order valence-electron chi connectivity index (χ4n) is 5.25. The van der Waals surface area contributed by atoms with Crippen LogP contribution in [0.4, 0.5) is 0 Å². The SMILES string of the molecule is CO[Si](CCC(C)C)(OC(C)C)O[Si](CCC(C)C)(OC(C)C)O[Si](CCC(C)C)(OC(C)C)O[Si](C)(CCC(C)C)OC(C)C. The summed E-state index contributed by atoms with van der Waals surface area (Å²) in [4.78, 5) is 0. The first-order chi connectivity index (χ1) is 21.0. The van der Waals surface area contributed by atoms with Crippen LogP contribution < -0.4 is 0 Å². The lowest BCUT2D eigenvalue weighted by Gasteiger charge is -2.46. The Hall–Kier alpha value is 0.548. The molecule has 0 radical (unpaired) electrons. The van der Waals surface area contributed by atoms with Crippen molar-refractivity contribution in [2.24, 2.45) is 23.7 Å². The van der Waals surface area contributed by atoms with Crippen LogP contribution in [-0.4, -0.2) is 66.5 Å². The van der Waals surface area contributed by atoms with E-state index in [1.165, 1.54) is 0 Å². The molecule has 0 amide bonds. The van der Waals surface area contributed by atoms with Gasteiger partial charge in [-0.1, -0.05) is 55.4 Å². The standard InChI is InChI=1S/C34H78O8Si4/c1-27(2)19-23-43(18,36-31(9)10)40-45(38-33(13)14,25-21-29(5)6)42-46(39-34(15)16,26-22-30(7)8)41-44(35-17,37-32(11)12)24-20-28(3)4/h27-34H,19-26H2,1-18H3. The first kappa shape index (κ1) is 46.5. The van der Waals surface area contributed by atoms with E-state index in [9.17, 15) is 0 Å². The highest BCUT2D eigenvalue weighted by Crippen LogP contribution is 2.38.